The molecule has 0 bridgehead atoms. The maximum absolute atomic E-state index is 4.16. The van der Waals surface area contributed by atoms with Crippen molar-refractivity contribution in [1.29, 1.82) is 0 Å². The van der Waals surface area contributed by atoms with Gasteiger partial charge in [-0.2, -0.15) is 0 Å². The van der Waals surface area contributed by atoms with E-state index in [1.165, 1.54) is 11.3 Å². The Balaban J connectivity index is 2.07. The number of aromatic nitrogens is 1. The number of hydrogen-bond acceptors (Lipinski definition) is 3. The second-order valence-electron chi connectivity index (χ2n) is 4.76. The molecule has 0 aliphatic carbocycles. The summed E-state index contributed by atoms with van der Waals surface area (Å²) in [5, 5.41) is 3.44. The van der Waals surface area contributed by atoms with Crippen LogP contribution in [0.3, 0.4) is 0 Å². The summed E-state index contributed by atoms with van der Waals surface area (Å²) in [6.07, 6.45) is 3.67. The summed E-state index contributed by atoms with van der Waals surface area (Å²) < 4.78 is 1.01. The third kappa shape index (κ3) is 3.70. The van der Waals surface area contributed by atoms with E-state index in [-0.39, 0.29) is 0 Å². The Bertz CT molecular complexity index is 567. The van der Waals surface area contributed by atoms with Crippen molar-refractivity contribution in [3.8, 4) is 0 Å². The van der Waals surface area contributed by atoms with Gasteiger partial charge in [0.2, 0.25) is 0 Å². The number of hydrogen-bond donors (Lipinski definition) is 1. The van der Waals surface area contributed by atoms with E-state index in [4.69, 9.17) is 0 Å². The topological polar surface area (TPSA) is 28.2 Å². The lowest BCUT2D eigenvalue weighted by Crippen LogP contribution is -2.09. The molecule has 0 saturated heterocycles. The van der Waals surface area contributed by atoms with E-state index in [1.54, 1.807) is 6.20 Å². The first-order valence-corrected chi connectivity index (χ1v) is 6.97. The zero-order chi connectivity index (χ0) is 13.8. The smallest absolute Gasteiger partial charge is 0.0416 e. The van der Waals surface area contributed by atoms with Gasteiger partial charge in [-0.15, -0.1) is 0 Å². The van der Waals surface area contributed by atoms with Gasteiger partial charge in [-0.25, -0.2) is 0 Å². The quantitative estimate of drug-likeness (QED) is 0.928. The van der Waals surface area contributed by atoms with Crippen LogP contribution in [0.2, 0.25) is 0 Å². The molecule has 3 nitrogen and oxygen atoms in total. The molecule has 1 heterocycles. The molecular weight excluding hydrogens is 302 g/mol. The van der Waals surface area contributed by atoms with Crippen LogP contribution in [0.15, 0.2) is 41.1 Å². The van der Waals surface area contributed by atoms with Gasteiger partial charge in [0.25, 0.3) is 0 Å². The highest BCUT2D eigenvalue weighted by Gasteiger charge is 2.02. The van der Waals surface area contributed by atoms with E-state index in [0.717, 1.165) is 22.3 Å². The summed E-state index contributed by atoms with van der Waals surface area (Å²) in [5.41, 5.74) is 4.78. The molecule has 1 aromatic carbocycles. The number of halogens is 1. The lowest BCUT2D eigenvalue weighted by Gasteiger charge is -2.16. The molecule has 2 aromatic rings. The van der Waals surface area contributed by atoms with E-state index in [0.29, 0.717) is 0 Å². The van der Waals surface area contributed by atoms with Crippen LogP contribution < -0.4 is 10.2 Å². The largest absolute Gasteiger partial charge is 0.381 e. The van der Waals surface area contributed by atoms with Crippen molar-refractivity contribution in [3.63, 3.8) is 0 Å². The Kier molecular flexibility index (Phi) is 4.43. The van der Waals surface area contributed by atoms with Crippen LogP contribution in [0.5, 0.6) is 0 Å². The van der Waals surface area contributed by atoms with Gasteiger partial charge in [0.15, 0.2) is 0 Å². The van der Waals surface area contributed by atoms with E-state index in [1.807, 2.05) is 6.20 Å². The molecule has 0 amide bonds. The highest BCUT2D eigenvalue weighted by atomic mass is 79.9. The van der Waals surface area contributed by atoms with Crippen molar-refractivity contribution in [2.45, 2.75) is 13.5 Å². The van der Waals surface area contributed by atoms with Gasteiger partial charge in [0, 0.05) is 48.9 Å². The molecule has 4 heteroatoms. The molecule has 1 aromatic heterocycles. The Morgan fingerprint density at radius 3 is 2.63 bits per heavy atom. The van der Waals surface area contributed by atoms with Crippen molar-refractivity contribution in [1.82, 2.24) is 4.98 Å². The highest BCUT2D eigenvalue weighted by Crippen LogP contribution is 2.22. The first kappa shape index (κ1) is 13.9. The summed E-state index contributed by atoms with van der Waals surface area (Å²) >= 11 is 3.43. The van der Waals surface area contributed by atoms with Crippen molar-refractivity contribution < 1.29 is 0 Å². The first-order chi connectivity index (χ1) is 9.06. The molecule has 0 saturated carbocycles. The van der Waals surface area contributed by atoms with Gasteiger partial charge < -0.3 is 10.2 Å². The normalized spacial score (nSPS) is 10.3. The monoisotopic (exact) mass is 319 g/mol. The highest BCUT2D eigenvalue weighted by molar-refractivity contribution is 9.10. The minimum absolute atomic E-state index is 0.772. The second kappa shape index (κ2) is 6.06. The molecule has 0 atom stereocenters. The number of anilines is 2. The van der Waals surface area contributed by atoms with Gasteiger partial charge in [-0.1, -0.05) is 0 Å². The van der Waals surface area contributed by atoms with Crippen molar-refractivity contribution >= 4 is 27.3 Å². The lowest BCUT2D eigenvalue weighted by molar-refractivity contribution is 1.09. The average molecular weight is 320 g/mol. The Morgan fingerprint density at radius 2 is 2.00 bits per heavy atom. The van der Waals surface area contributed by atoms with Gasteiger partial charge in [0.05, 0.1) is 0 Å². The zero-order valence-electron chi connectivity index (χ0n) is 11.4. The molecule has 0 radical (unpaired) electrons. The third-order valence-corrected chi connectivity index (χ3v) is 3.40. The summed E-state index contributed by atoms with van der Waals surface area (Å²) in [5.74, 6) is 0. The fourth-order valence-corrected chi connectivity index (χ4v) is 2.29. The number of benzene rings is 1. The molecule has 0 aliphatic heterocycles. The predicted octanol–water partition coefficient (Wildman–Crippen LogP) is 3.83. The number of nitrogens with zero attached hydrogens (tertiary/aromatic N) is 2. The van der Waals surface area contributed by atoms with Crippen LogP contribution in [-0.2, 0) is 6.54 Å². The Labute approximate surface area is 122 Å². The fourth-order valence-electron chi connectivity index (χ4n) is 1.87. The van der Waals surface area contributed by atoms with Crippen LogP contribution in [0.1, 0.15) is 11.1 Å². The molecule has 2 rings (SSSR count). The number of aryl methyl sites for hydroxylation is 1. The lowest BCUT2D eigenvalue weighted by atomic mass is 10.1. The Hall–Kier alpha value is -1.55. The SMILES string of the molecule is Cc1cc(N(C)C)ccc1NCc1cncc(Br)c1. The minimum Gasteiger partial charge on any atom is -0.381 e. The van der Waals surface area contributed by atoms with E-state index >= 15 is 0 Å². The summed E-state index contributed by atoms with van der Waals surface area (Å²) in [6.45, 7) is 2.89. The number of rotatable bonds is 4. The number of pyridine rings is 1. The fraction of sp³-hybridized carbons (Fsp3) is 0.267. The molecule has 19 heavy (non-hydrogen) atoms. The first-order valence-electron chi connectivity index (χ1n) is 6.17. The molecule has 0 spiro atoms. The third-order valence-electron chi connectivity index (χ3n) is 2.97. The molecule has 0 aliphatic rings. The molecule has 100 valence electrons. The molecule has 0 unspecified atom stereocenters. The summed E-state index contributed by atoms with van der Waals surface area (Å²) in [7, 11) is 4.10. The second-order valence-corrected chi connectivity index (χ2v) is 5.67. The average Bonchev–Trinajstić information content (AvgIpc) is 2.37. The van der Waals surface area contributed by atoms with Crippen LogP contribution in [-0.4, -0.2) is 19.1 Å². The zero-order valence-corrected chi connectivity index (χ0v) is 13.0. The van der Waals surface area contributed by atoms with Crippen molar-refractivity contribution in [2.75, 3.05) is 24.3 Å². The van der Waals surface area contributed by atoms with Crippen LogP contribution in [0.4, 0.5) is 11.4 Å². The minimum atomic E-state index is 0.772. The van der Waals surface area contributed by atoms with Gasteiger partial charge in [0.1, 0.15) is 0 Å². The van der Waals surface area contributed by atoms with Crippen LogP contribution >= 0.6 is 15.9 Å². The van der Waals surface area contributed by atoms with Gasteiger partial charge >= 0.3 is 0 Å². The van der Waals surface area contributed by atoms with Crippen LogP contribution in [0.25, 0.3) is 0 Å². The van der Waals surface area contributed by atoms with Crippen molar-refractivity contribution in [3.05, 3.63) is 52.3 Å². The maximum atomic E-state index is 4.16. The van der Waals surface area contributed by atoms with E-state index in [9.17, 15) is 0 Å². The number of nitrogens with one attached hydrogen (secondary N) is 1. The maximum Gasteiger partial charge on any atom is 0.0416 e. The molecule has 1 N–H and O–H groups in total. The summed E-state index contributed by atoms with van der Waals surface area (Å²) in [6, 6.07) is 8.50. The molecule has 0 fully saturated rings. The van der Waals surface area contributed by atoms with E-state index < -0.39 is 0 Å². The van der Waals surface area contributed by atoms with E-state index in [2.05, 4.69) is 76.4 Å². The van der Waals surface area contributed by atoms with Crippen molar-refractivity contribution in [2.24, 2.45) is 0 Å². The van der Waals surface area contributed by atoms with Gasteiger partial charge in [-0.05, 0) is 58.2 Å². The van der Waals surface area contributed by atoms with Gasteiger partial charge in [-0.3, -0.25) is 4.98 Å². The summed E-state index contributed by atoms with van der Waals surface area (Å²) in [4.78, 5) is 6.27. The van der Waals surface area contributed by atoms with Crippen LogP contribution in [0, 0.1) is 6.92 Å². The predicted molar refractivity (Wildman–Crippen MR) is 84.8 cm³/mol. The molecular formula is C15H18BrN3. The Morgan fingerprint density at radius 1 is 1.21 bits per heavy atom. The standard InChI is InChI=1S/C15H18BrN3/c1-11-6-14(19(2)3)4-5-15(11)18-9-12-7-13(16)10-17-8-12/h4-8,10,18H,9H2,1-3H3.